The fourth-order valence-electron chi connectivity index (χ4n) is 7.71. The first-order chi connectivity index (χ1) is 31.0. The molecule has 6 unspecified atom stereocenters. The quantitative estimate of drug-likeness (QED) is 0.0147. The summed E-state index contributed by atoms with van der Waals surface area (Å²) in [6.45, 7) is 4.03. The number of carbonyl (C=O) groups is 1. The van der Waals surface area contributed by atoms with Gasteiger partial charge in [-0.3, -0.25) is 13.8 Å². The van der Waals surface area contributed by atoms with Gasteiger partial charge in [0.25, 0.3) is 0 Å². The van der Waals surface area contributed by atoms with Crippen molar-refractivity contribution in [1.29, 1.82) is 0 Å². The predicted molar refractivity (Wildman–Crippen MR) is 258 cm³/mol. The molecule has 64 heavy (non-hydrogen) atoms. The number of phosphoric ester groups is 1. The normalized spacial score (nSPS) is 22.1. The van der Waals surface area contributed by atoms with E-state index in [2.05, 4.69) is 62.5 Å². The summed E-state index contributed by atoms with van der Waals surface area (Å²) in [5.41, 5.74) is 0. The fourth-order valence-corrected chi connectivity index (χ4v) is 8.69. The van der Waals surface area contributed by atoms with E-state index >= 15 is 0 Å². The Hall–Kier alpha value is -1.70. The number of aliphatic hydroxyl groups excluding tert-OH is 5. The molecule has 0 radical (unpaired) electrons. The highest BCUT2D eigenvalue weighted by molar-refractivity contribution is 7.47. The second-order valence-corrected chi connectivity index (χ2v) is 19.1. The van der Waals surface area contributed by atoms with E-state index in [1.165, 1.54) is 122 Å². The average molecular weight is 929 g/mol. The lowest BCUT2D eigenvalue weighted by Crippen LogP contribution is -2.64. The third-order valence-corrected chi connectivity index (χ3v) is 12.7. The predicted octanol–water partition coefficient (Wildman–Crippen LogP) is 11.2. The maximum Gasteiger partial charge on any atom is 0.472 e. The number of ether oxygens (including phenoxy) is 2. The van der Waals surface area contributed by atoms with Gasteiger partial charge >= 0.3 is 13.8 Å². The second kappa shape index (κ2) is 41.5. The van der Waals surface area contributed by atoms with Crippen molar-refractivity contribution in [3.63, 3.8) is 0 Å². The molecule has 0 aliphatic heterocycles. The third-order valence-electron chi connectivity index (χ3n) is 11.7. The van der Waals surface area contributed by atoms with Crippen LogP contribution in [0.4, 0.5) is 0 Å². The lowest BCUT2D eigenvalue weighted by Gasteiger charge is -2.41. The van der Waals surface area contributed by atoms with Gasteiger partial charge in [0.2, 0.25) is 0 Å². The highest BCUT2D eigenvalue weighted by Gasteiger charge is 2.51. The van der Waals surface area contributed by atoms with Crippen molar-refractivity contribution in [3.8, 4) is 0 Å². The fraction of sp³-hybridized carbons (Fsp3) is 0.824. The SMILES string of the molecule is CC/C=C\C/C=C\C/C=C\C/C=C\CCCOCC(COP(=O)(O)OC1C(O)C(O)C(O)C(O)C1O)OC(=O)CCCCCCCCCCCCCCCCCCCCCCCCC. The molecule has 0 heterocycles. The van der Waals surface area contributed by atoms with Crippen molar-refractivity contribution in [2.24, 2.45) is 0 Å². The van der Waals surface area contributed by atoms with Gasteiger partial charge in [-0.05, 0) is 44.9 Å². The van der Waals surface area contributed by atoms with Crippen molar-refractivity contribution in [2.45, 2.75) is 249 Å². The van der Waals surface area contributed by atoms with Gasteiger partial charge in [0.15, 0.2) is 0 Å². The summed E-state index contributed by atoms with van der Waals surface area (Å²) in [5, 5.41) is 50.2. The number of allylic oxidation sites excluding steroid dienone is 8. The highest BCUT2D eigenvalue weighted by atomic mass is 31.2. The number of hydrogen-bond donors (Lipinski definition) is 6. The molecule has 0 aromatic heterocycles. The van der Waals surface area contributed by atoms with Crippen LogP contribution in [0, 0.1) is 0 Å². The second-order valence-electron chi connectivity index (χ2n) is 17.6. The summed E-state index contributed by atoms with van der Waals surface area (Å²) in [7, 11) is -5.03. The zero-order valence-corrected chi connectivity index (χ0v) is 41.0. The van der Waals surface area contributed by atoms with Crippen LogP contribution in [0.2, 0.25) is 0 Å². The summed E-state index contributed by atoms with van der Waals surface area (Å²) in [6.07, 6.45) is 39.2. The van der Waals surface area contributed by atoms with Gasteiger partial charge in [-0.1, -0.05) is 204 Å². The van der Waals surface area contributed by atoms with Gasteiger partial charge in [0, 0.05) is 13.0 Å². The molecule has 1 fully saturated rings. The molecule has 0 saturated heterocycles. The van der Waals surface area contributed by atoms with Gasteiger partial charge in [-0.15, -0.1) is 0 Å². The van der Waals surface area contributed by atoms with E-state index in [0.717, 1.165) is 51.4 Å². The molecular weight excluding hydrogens is 836 g/mol. The lowest BCUT2D eigenvalue weighted by molar-refractivity contribution is -0.220. The van der Waals surface area contributed by atoms with Crippen LogP contribution in [0.15, 0.2) is 48.6 Å². The number of phosphoric acid groups is 1. The summed E-state index contributed by atoms with van der Waals surface area (Å²) >= 11 is 0. The Kier molecular flexibility index (Phi) is 39.1. The van der Waals surface area contributed by atoms with Crippen LogP contribution in [0.5, 0.6) is 0 Å². The molecule has 0 bridgehead atoms. The molecule has 6 atom stereocenters. The molecule has 0 spiro atoms. The number of esters is 1. The molecule has 0 aromatic carbocycles. The third kappa shape index (κ3) is 32.9. The van der Waals surface area contributed by atoms with Gasteiger partial charge in [-0.25, -0.2) is 4.57 Å². The molecule has 6 N–H and O–H groups in total. The first-order valence-corrected chi connectivity index (χ1v) is 27.0. The largest absolute Gasteiger partial charge is 0.472 e. The van der Waals surface area contributed by atoms with Crippen LogP contribution in [-0.2, 0) is 27.9 Å². The molecule has 13 heteroatoms. The summed E-state index contributed by atoms with van der Waals surface area (Å²) < 4.78 is 34.2. The minimum atomic E-state index is -5.03. The Morgan fingerprint density at radius 3 is 1.34 bits per heavy atom. The smallest absolute Gasteiger partial charge is 0.457 e. The van der Waals surface area contributed by atoms with Crippen molar-refractivity contribution in [1.82, 2.24) is 0 Å². The Balaban J connectivity index is 2.33. The van der Waals surface area contributed by atoms with E-state index in [0.29, 0.717) is 19.4 Å². The van der Waals surface area contributed by atoms with E-state index in [9.17, 15) is 39.8 Å². The van der Waals surface area contributed by atoms with Gasteiger partial charge in [0.1, 0.15) is 42.7 Å². The zero-order chi connectivity index (χ0) is 46.9. The summed E-state index contributed by atoms with van der Waals surface area (Å²) in [5.74, 6) is -0.493. The van der Waals surface area contributed by atoms with Crippen molar-refractivity contribution >= 4 is 13.8 Å². The van der Waals surface area contributed by atoms with Crippen molar-refractivity contribution in [2.75, 3.05) is 19.8 Å². The average Bonchev–Trinajstić information content (AvgIpc) is 3.28. The Labute approximate surface area is 388 Å². The van der Waals surface area contributed by atoms with E-state index < -0.39 is 63.1 Å². The molecule has 1 rings (SSSR count). The molecule has 0 aromatic rings. The van der Waals surface area contributed by atoms with Crippen LogP contribution in [-0.4, -0.2) is 98.9 Å². The molecule has 1 aliphatic rings. The van der Waals surface area contributed by atoms with Crippen LogP contribution in [0.25, 0.3) is 0 Å². The molecule has 12 nitrogen and oxygen atoms in total. The van der Waals surface area contributed by atoms with Crippen molar-refractivity contribution < 1.29 is 58.3 Å². The minimum Gasteiger partial charge on any atom is -0.457 e. The Bertz CT molecular complexity index is 1240. The summed E-state index contributed by atoms with van der Waals surface area (Å²) in [6, 6.07) is 0. The van der Waals surface area contributed by atoms with E-state index in [1.807, 2.05) is 0 Å². The number of unbranched alkanes of at least 4 members (excludes halogenated alkanes) is 23. The van der Waals surface area contributed by atoms with Crippen LogP contribution in [0.3, 0.4) is 0 Å². The maximum absolute atomic E-state index is 12.8. The number of carbonyl (C=O) groups excluding carboxylic acids is 1. The number of aliphatic hydroxyl groups is 5. The molecule has 1 aliphatic carbocycles. The van der Waals surface area contributed by atoms with Crippen LogP contribution >= 0.6 is 7.82 Å². The lowest BCUT2D eigenvalue weighted by atomic mass is 9.85. The molecular formula is C51H93O12P. The number of hydrogen-bond acceptors (Lipinski definition) is 11. The van der Waals surface area contributed by atoms with Crippen LogP contribution < -0.4 is 0 Å². The zero-order valence-electron chi connectivity index (χ0n) is 40.1. The van der Waals surface area contributed by atoms with Gasteiger partial charge in [-0.2, -0.15) is 0 Å². The van der Waals surface area contributed by atoms with E-state index in [4.69, 9.17) is 18.5 Å². The Morgan fingerprint density at radius 2 is 0.906 bits per heavy atom. The molecule has 1 saturated carbocycles. The first kappa shape index (κ1) is 60.3. The highest BCUT2D eigenvalue weighted by Crippen LogP contribution is 2.47. The van der Waals surface area contributed by atoms with Gasteiger partial charge < -0.3 is 39.9 Å². The molecule has 0 amide bonds. The van der Waals surface area contributed by atoms with Crippen molar-refractivity contribution in [3.05, 3.63) is 48.6 Å². The standard InChI is InChI=1S/C51H93O12P/c1-3-5-7-9-11-13-15-17-19-20-21-22-23-24-25-26-27-28-30-32-34-36-38-40-45(52)62-44(42-60-41-39-37-35-33-31-29-18-16-14-12-10-8-6-4-2)43-61-64(58,59)63-51-49(56)47(54)46(53)48(55)50(51)57/h6,8,12,14,18,29,33,35,44,46-51,53-57H,3-5,7,9-11,13,15-17,19-28,30-32,34,36-43H2,1-2H3,(H,58,59)/b8-6-,14-12-,29-18-,35-33-. The minimum absolute atomic E-state index is 0.113. The Morgan fingerprint density at radius 1 is 0.516 bits per heavy atom. The van der Waals surface area contributed by atoms with E-state index in [1.54, 1.807) is 0 Å². The number of rotatable bonds is 43. The maximum atomic E-state index is 12.8. The topological polar surface area (TPSA) is 192 Å². The van der Waals surface area contributed by atoms with Crippen LogP contribution in [0.1, 0.15) is 206 Å². The molecule has 374 valence electrons. The first-order valence-electron chi connectivity index (χ1n) is 25.5. The van der Waals surface area contributed by atoms with Gasteiger partial charge in [0.05, 0.1) is 13.2 Å². The van der Waals surface area contributed by atoms with E-state index in [-0.39, 0.29) is 13.0 Å². The summed E-state index contributed by atoms with van der Waals surface area (Å²) in [4.78, 5) is 23.2. The monoisotopic (exact) mass is 929 g/mol.